The van der Waals surface area contributed by atoms with Crippen LogP contribution in [-0.4, -0.2) is 49.6 Å². The average molecular weight is 587 g/mol. The van der Waals surface area contributed by atoms with Gasteiger partial charge in [-0.1, -0.05) is 52.7 Å². The van der Waals surface area contributed by atoms with E-state index in [9.17, 15) is 19.8 Å². The van der Waals surface area contributed by atoms with Gasteiger partial charge in [-0.25, -0.2) is 0 Å². The van der Waals surface area contributed by atoms with Crippen LogP contribution in [0.1, 0.15) is 113 Å². The van der Waals surface area contributed by atoms with Crippen molar-refractivity contribution in [2.24, 2.45) is 0 Å². The van der Waals surface area contributed by atoms with E-state index in [0.717, 1.165) is 47.9 Å². The minimum absolute atomic E-state index is 0.154. The van der Waals surface area contributed by atoms with Gasteiger partial charge in [0.1, 0.15) is 0 Å². The molecule has 0 heterocycles. The Morgan fingerprint density at radius 1 is 0.714 bits per heavy atom. The summed E-state index contributed by atoms with van der Waals surface area (Å²) < 4.78 is 21.4. The molecular weight excluding hydrogens is 536 g/mol. The first kappa shape index (κ1) is 34.8. The number of hydrogen-bond donors (Lipinski definition) is 2. The van der Waals surface area contributed by atoms with Gasteiger partial charge >= 0.3 is 11.9 Å². The number of aromatic hydroxyl groups is 2. The number of methoxy groups -OCH3 is 2. The zero-order valence-electron chi connectivity index (χ0n) is 26.3. The Balaban J connectivity index is 1.71. The Morgan fingerprint density at radius 3 is 1.57 bits per heavy atom. The first-order chi connectivity index (χ1) is 20.1. The molecule has 8 heteroatoms. The summed E-state index contributed by atoms with van der Waals surface area (Å²) >= 11 is 0. The van der Waals surface area contributed by atoms with Gasteiger partial charge in [0.25, 0.3) is 0 Å². The summed E-state index contributed by atoms with van der Waals surface area (Å²) in [4.78, 5) is 24.5. The van der Waals surface area contributed by atoms with E-state index < -0.39 is 0 Å². The van der Waals surface area contributed by atoms with E-state index >= 15 is 0 Å². The third kappa shape index (κ3) is 10.8. The van der Waals surface area contributed by atoms with Crippen molar-refractivity contribution in [2.45, 2.75) is 104 Å². The number of unbranched alkanes of at least 4 members (excludes halogenated alkanes) is 2. The second kappa shape index (κ2) is 18.2. The van der Waals surface area contributed by atoms with Crippen molar-refractivity contribution < 1.29 is 38.7 Å². The summed E-state index contributed by atoms with van der Waals surface area (Å²) in [6.45, 7) is 8.86. The Hall–Kier alpha value is -3.42. The van der Waals surface area contributed by atoms with E-state index in [1.165, 1.54) is 14.2 Å². The van der Waals surface area contributed by atoms with Crippen molar-refractivity contribution in [1.82, 2.24) is 0 Å². The molecular formula is C34H50O8. The summed E-state index contributed by atoms with van der Waals surface area (Å²) in [6.07, 6.45) is 6.65. The van der Waals surface area contributed by atoms with Crippen LogP contribution in [0.15, 0.2) is 24.3 Å². The van der Waals surface area contributed by atoms with Crippen molar-refractivity contribution in [3.05, 3.63) is 46.5 Å². The number of aryl methyl sites for hydroxylation is 2. The number of carbonyl (C=O) groups excluding carboxylic acids is 2. The quantitative estimate of drug-likeness (QED) is 0.130. The lowest BCUT2D eigenvalue weighted by Gasteiger charge is -2.17. The Labute approximate surface area is 251 Å². The van der Waals surface area contributed by atoms with Gasteiger partial charge in [-0.2, -0.15) is 0 Å². The van der Waals surface area contributed by atoms with Crippen LogP contribution < -0.4 is 9.47 Å². The number of hydrogen-bond acceptors (Lipinski definition) is 8. The molecule has 0 bridgehead atoms. The molecule has 0 saturated carbocycles. The van der Waals surface area contributed by atoms with Crippen LogP contribution in [0.25, 0.3) is 0 Å². The second-order valence-corrected chi connectivity index (χ2v) is 11.0. The molecule has 234 valence electrons. The number of benzene rings is 2. The summed E-state index contributed by atoms with van der Waals surface area (Å²) in [5.41, 5.74) is 3.50. The molecule has 0 aromatic heterocycles. The van der Waals surface area contributed by atoms with Crippen LogP contribution in [0.3, 0.4) is 0 Å². The van der Waals surface area contributed by atoms with E-state index in [4.69, 9.17) is 18.9 Å². The minimum atomic E-state index is -0.295. The fourth-order valence-electron chi connectivity index (χ4n) is 4.83. The molecule has 0 fully saturated rings. The molecule has 2 atom stereocenters. The summed E-state index contributed by atoms with van der Waals surface area (Å²) in [5, 5.41) is 21.0. The van der Waals surface area contributed by atoms with Crippen molar-refractivity contribution in [3.63, 3.8) is 0 Å². The van der Waals surface area contributed by atoms with E-state index in [0.29, 0.717) is 37.2 Å². The second-order valence-electron chi connectivity index (χ2n) is 11.0. The Kier molecular flexibility index (Phi) is 15.1. The maximum atomic E-state index is 12.3. The van der Waals surface area contributed by atoms with E-state index in [-0.39, 0.29) is 61.3 Å². The molecule has 0 saturated heterocycles. The van der Waals surface area contributed by atoms with Crippen molar-refractivity contribution in [3.8, 4) is 23.0 Å². The SMILES string of the molecule is CCCCC(C)c1cc(CCC(=O)OCCCCOC(=O)CCc2cc(OC)c(O)c(C(C)CC)c2)cc(OC)c1O. The molecule has 2 aromatic rings. The molecule has 0 aliphatic carbocycles. The van der Waals surface area contributed by atoms with Gasteiger partial charge in [-0.05, 0) is 73.6 Å². The normalized spacial score (nSPS) is 12.4. The number of phenols is 2. The topological polar surface area (TPSA) is 112 Å². The van der Waals surface area contributed by atoms with Crippen LogP contribution in [0.2, 0.25) is 0 Å². The third-order valence-corrected chi connectivity index (χ3v) is 7.73. The molecule has 2 rings (SSSR count). The van der Waals surface area contributed by atoms with Crippen molar-refractivity contribution >= 4 is 11.9 Å². The number of carbonyl (C=O) groups is 2. The fraction of sp³-hybridized carbons (Fsp3) is 0.588. The van der Waals surface area contributed by atoms with Crippen molar-refractivity contribution in [1.29, 1.82) is 0 Å². The maximum absolute atomic E-state index is 12.3. The largest absolute Gasteiger partial charge is 0.504 e. The monoisotopic (exact) mass is 586 g/mol. The van der Waals surface area contributed by atoms with Gasteiger partial charge in [0.15, 0.2) is 23.0 Å². The molecule has 2 N–H and O–H groups in total. The predicted octanol–water partition coefficient (Wildman–Crippen LogP) is 7.35. The molecule has 8 nitrogen and oxygen atoms in total. The van der Waals surface area contributed by atoms with Crippen LogP contribution in [0, 0.1) is 0 Å². The lowest BCUT2D eigenvalue weighted by molar-refractivity contribution is -0.146. The van der Waals surface area contributed by atoms with E-state index in [1.807, 2.05) is 19.1 Å². The molecule has 2 unspecified atom stereocenters. The highest BCUT2D eigenvalue weighted by Gasteiger charge is 2.18. The number of esters is 2. The lowest BCUT2D eigenvalue weighted by Crippen LogP contribution is -2.10. The standard InChI is InChI=1S/C34H50O8/c1-7-9-12-24(4)28-20-26(22-30(40-6)34(28)38)14-16-32(36)42-18-11-10-17-41-31(35)15-13-25-19-27(23(3)8-2)33(37)29(21-25)39-5/h19-24,37-38H,7-18H2,1-6H3. The maximum Gasteiger partial charge on any atom is 0.306 e. The van der Waals surface area contributed by atoms with Gasteiger partial charge in [-0.3, -0.25) is 9.59 Å². The van der Waals surface area contributed by atoms with Gasteiger partial charge < -0.3 is 29.2 Å². The molecule has 0 amide bonds. The molecule has 0 aliphatic heterocycles. The molecule has 42 heavy (non-hydrogen) atoms. The summed E-state index contributed by atoms with van der Waals surface area (Å²) in [5.74, 6) is 0.942. The first-order valence-electron chi connectivity index (χ1n) is 15.3. The number of phenolic OH excluding ortho intramolecular Hbond substituents is 2. The molecule has 0 aliphatic rings. The fourth-order valence-corrected chi connectivity index (χ4v) is 4.83. The van der Waals surface area contributed by atoms with Gasteiger partial charge in [0.2, 0.25) is 0 Å². The molecule has 2 aromatic carbocycles. The van der Waals surface area contributed by atoms with Crippen LogP contribution in [0.4, 0.5) is 0 Å². The Morgan fingerprint density at radius 2 is 1.17 bits per heavy atom. The van der Waals surface area contributed by atoms with Gasteiger partial charge in [0, 0.05) is 24.0 Å². The lowest BCUT2D eigenvalue weighted by atomic mass is 9.92. The van der Waals surface area contributed by atoms with Crippen LogP contribution in [0.5, 0.6) is 23.0 Å². The summed E-state index contributed by atoms with van der Waals surface area (Å²) in [7, 11) is 3.05. The zero-order chi connectivity index (χ0) is 31.1. The minimum Gasteiger partial charge on any atom is -0.504 e. The first-order valence-corrected chi connectivity index (χ1v) is 15.3. The highest BCUT2D eigenvalue weighted by atomic mass is 16.5. The number of ether oxygens (including phenoxy) is 4. The van der Waals surface area contributed by atoms with Crippen molar-refractivity contribution in [2.75, 3.05) is 27.4 Å². The third-order valence-electron chi connectivity index (χ3n) is 7.73. The Bertz CT molecular complexity index is 1140. The molecule has 0 spiro atoms. The van der Waals surface area contributed by atoms with Crippen LogP contribution >= 0.6 is 0 Å². The highest BCUT2D eigenvalue weighted by molar-refractivity contribution is 5.70. The van der Waals surface area contributed by atoms with Gasteiger partial charge in [-0.15, -0.1) is 0 Å². The average Bonchev–Trinajstić information content (AvgIpc) is 2.99. The zero-order valence-corrected chi connectivity index (χ0v) is 26.3. The van der Waals surface area contributed by atoms with E-state index in [2.05, 4.69) is 20.8 Å². The highest BCUT2D eigenvalue weighted by Crippen LogP contribution is 2.39. The molecule has 0 radical (unpaired) electrons. The van der Waals surface area contributed by atoms with Crippen LogP contribution in [-0.2, 0) is 31.9 Å². The van der Waals surface area contributed by atoms with E-state index in [1.54, 1.807) is 12.1 Å². The van der Waals surface area contributed by atoms with Gasteiger partial charge in [0.05, 0.1) is 27.4 Å². The predicted molar refractivity (Wildman–Crippen MR) is 164 cm³/mol. The smallest absolute Gasteiger partial charge is 0.306 e. The number of rotatable bonds is 19. The summed E-state index contributed by atoms with van der Waals surface area (Å²) in [6, 6.07) is 7.42.